The van der Waals surface area contributed by atoms with E-state index >= 15 is 0 Å². The van der Waals surface area contributed by atoms with Gasteiger partial charge in [0.25, 0.3) is 5.91 Å². The largest absolute Gasteiger partial charge is 0.497 e. The molecular formula is C24H31N3O2S2. The summed E-state index contributed by atoms with van der Waals surface area (Å²) in [7, 11) is 1.70. The summed E-state index contributed by atoms with van der Waals surface area (Å²) < 4.78 is 5.77. The second kappa shape index (κ2) is 11.2. The lowest BCUT2D eigenvalue weighted by molar-refractivity contribution is 0.0951. The first-order chi connectivity index (χ1) is 15.2. The standard InChI is InChI=1S/C24H31N3O2S2/c1-29-22-9-7-21(8-10-22)27-15-13-26(14-16-27)12-2-11-25-23(28)19-3-5-20(6-4-19)24-30-17-18-31-24/h3-10,24H,2,11-18H2,1H3,(H,25,28). The van der Waals surface area contributed by atoms with E-state index in [9.17, 15) is 4.79 Å². The number of piperazine rings is 1. The number of amides is 1. The highest BCUT2D eigenvalue weighted by Crippen LogP contribution is 2.45. The average Bonchev–Trinajstić information content (AvgIpc) is 3.37. The number of ether oxygens (including phenoxy) is 1. The molecule has 0 radical (unpaired) electrons. The predicted octanol–water partition coefficient (Wildman–Crippen LogP) is 4.12. The van der Waals surface area contributed by atoms with Gasteiger partial charge in [-0.1, -0.05) is 12.1 Å². The summed E-state index contributed by atoms with van der Waals surface area (Å²) in [6.07, 6.45) is 0.974. The van der Waals surface area contributed by atoms with Crippen molar-refractivity contribution < 1.29 is 9.53 Å². The van der Waals surface area contributed by atoms with E-state index in [1.165, 1.54) is 22.8 Å². The topological polar surface area (TPSA) is 44.8 Å². The van der Waals surface area contributed by atoms with Crippen molar-refractivity contribution in [2.45, 2.75) is 11.0 Å². The number of carbonyl (C=O) groups excluding carboxylic acids is 1. The molecule has 0 aromatic heterocycles. The van der Waals surface area contributed by atoms with Gasteiger partial charge in [0.05, 0.1) is 11.7 Å². The van der Waals surface area contributed by atoms with Crippen LogP contribution in [-0.2, 0) is 0 Å². The van der Waals surface area contributed by atoms with Crippen LogP contribution in [0.15, 0.2) is 48.5 Å². The number of nitrogens with one attached hydrogen (secondary N) is 1. The van der Waals surface area contributed by atoms with Crippen molar-refractivity contribution in [3.8, 4) is 5.75 Å². The third kappa shape index (κ3) is 6.11. The van der Waals surface area contributed by atoms with Crippen molar-refractivity contribution in [2.75, 3.05) is 62.8 Å². The van der Waals surface area contributed by atoms with Crippen LogP contribution in [0.25, 0.3) is 0 Å². The number of thioether (sulfide) groups is 2. The van der Waals surface area contributed by atoms with E-state index in [0.717, 1.165) is 50.5 Å². The highest BCUT2D eigenvalue weighted by molar-refractivity contribution is 8.19. The number of rotatable bonds is 8. The number of benzene rings is 2. The summed E-state index contributed by atoms with van der Waals surface area (Å²) in [4.78, 5) is 17.3. The van der Waals surface area contributed by atoms with Gasteiger partial charge < -0.3 is 15.0 Å². The Kier molecular flexibility index (Phi) is 8.05. The van der Waals surface area contributed by atoms with Gasteiger partial charge >= 0.3 is 0 Å². The Balaban J connectivity index is 1.14. The Morgan fingerprint density at radius 1 is 1.00 bits per heavy atom. The zero-order valence-corrected chi connectivity index (χ0v) is 19.7. The molecular weight excluding hydrogens is 426 g/mol. The number of methoxy groups -OCH3 is 1. The van der Waals surface area contributed by atoms with Crippen LogP contribution in [0.1, 0.15) is 26.9 Å². The lowest BCUT2D eigenvalue weighted by atomic mass is 10.1. The van der Waals surface area contributed by atoms with Gasteiger partial charge in [0.1, 0.15) is 5.75 Å². The van der Waals surface area contributed by atoms with Crippen LogP contribution < -0.4 is 15.0 Å². The molecule has 1 amide bonds. The predicted molar refractivity (Wildman–Crippen MR) is 133 cm³/mol. The minimum atomic E-state index is 0.0302. The molecule has 2 saturated heterocycles. The summed E-state index contributed by atoms with van der Waals surface area (Å²) in [6, 6.07) is 16.4. The van der Waals surface area contributed by atoms with Gasteiger partial charge in [0.2, 0.25) is 0 Å². The smallest absolute Gasteiger partial charge is 0.251 e. The maximum Gasteiger partial charge on any atom is 0.251 e. The molecule has 2 aromatic carbocycles. The van der Waals surface area contributed by atoms with Crippen molar-refractivity contribution in [1.29, 1.82) is 0 Å². The molecule has 0 unspecified atom stereocenters. The average molecular weight is 458 g/mol. The van der Waals surface area contributed by atoms with Crippen LogP contribution in [0, 0.1) is 0 Å². The number of anilines is 1. The van der Waals surface area contributed by atoms with Gasteiger partial charge in [-0.15, -0.1) is 23.5 Å². The number of hydrogen-bond donors (Lipinski definition) is 1. The van der Waals surface area contributed by atoms with E-state index in [1.54, 1.807) is 7.11 Å². The number of hydrogen-bond acceptors (Lipinski definition) is 6. The lowest BCUT2D eigenvalue weighted by Crippen LogP contribution is -2.47. The number of carbonyl (C=O) groups is 1. The van der Waals surface area contributed by atoms with Crippen molar-refractivity contribution in [2.24, 2.45) is 0 Å². The first-order valence-electron chi connectivity index (χ1n) is 11.0. The fraction of sp³-hybridized carbons (Fsp3) is 0.458. The van der Waals surface area contributed by atoms with Crippen molar-refractivity contribution >= 4 is 35.1 Å². The third-order valence-electron chi connectivity index (χ3n) is 5.81. The Morgan fingerprint density at radius 3 is 2.32 bits per heavy atom. The van der Waals surface area contributed by atoms with Crippen molar-refractivity contribution in [1.82, 2.24) is 10.2 Å². The highest BCUT2D eigenvalue weighted by Gasteiger charge is 2.19. The van der Waals surface area contributed by atoms with E-state index in [0.29, 0.717) is 11.1 Å². The molecule has 4 rings (SSSR count). The summed E-state index contributed by atoms with van der Waals surface area (Å²) >= 11 is 3.98. The Labute approximate surface area is 193 Å². The molecule has 0 spiro atoms. The Bertz CT molecular complexity index is 831. The Morgan fingerprint density at radius 2 is 1.68 bits per heavy atom. The second-order valence-electron chi connectivity index (χ2n) is 7.83. The summed E-state index contributed by atoms with van der Waals surface area (Å²) in [5.74, 6) is 3.36. The van der Waals surface area contributed by atoms with Crippen molar-refractivity contribution in [3.05, 3.63) is 59.7 Å². The van der Waals surface area contributed by atoms with E-state index in [1.807, 2.05) is 47.8 Å². The summed E-state index contributed by atoms with van der Waals surface area (Å²) in [6.45, 7) is 5.90. The maximum atomic E-state index is 12.4. The second-order valence-corrected chi connectivity index (χ2v) is 10.6. The van der Waals surface area contributed by atoms with Gasteiger partial charge in [-0.05, 0) is 54.9 Å². The van der Waals surface area contributed by atoms with E-state index in [2.05, 4.69) is 39.4 Å². The molecule has 0 saturated carbocycles. The molecule has 1 N–H and O–H groups in total. The minimum absolute atomic E-state index is 0.0302. The molecule has 0 bridgehead atoms. The molecule has 166 valence electrons. The molecule has 0 aliphatic carbocycles. The van der Waals surface area contributed by atoms with Gasteiger partial charge in [-0.3, -0.25) is 9.69 Å². The molecule has 5 nitrogen and oxygen atoms in total. The maximum absolute atomic E-state index is 12.4. The summed E-state index contributed by atoms with van der Waals surface area (Å²) in [5.41, 5.74) is 3.33. The van der Waals surface area contributed by atoms with E-state index < -0.39 is 0 Å². The minimum Gasteiger partial charge on any atom is -0.497 e. The fourth-order valence-electron chi connectivity index (χ4n) is 3.97. The van der Waals surface area contributed by atoms with Crippen LogP contribution >= 0.6 is 23.5 Å². The van der Waals surface area contributed by atoms with Crippen LogP contribution in [0.2, 0.25) is 0 Å². The zero-order valence-electron chi connectivity index (χ0n) is 18.1. The van der Waals surface area contributed by atoms with Gasteiger partial charge in [0, 0.05) is 55.5 Å². The molecule has 7 heteroatoms. The van der Waals surface area contributed by atoms with Crippen LogP contribution in [-0.4, -0.2) is 68.7 Å². The quantitative estimate of drug-likeness (QED) is 0.602. The summed E-state index contributed by atoms with van der Waals surface area (Å²) in [5, 5.41) is 3.07. The van der Waals surface area contributed by atoms with Gasteiger partial charge in [0.15, 0.2) is 0 Å². The first kappa shape index (κ1) is 22.4. The molecule has 2 aliphatic rings. The first-order valence-corrected chi connectivity index (χ1v) is 13.1. The molecule has 2 aliphatic heterocycles. The van der Waals surface area contributed by atoms with Gasteiger partial charge in [-0.25, -0.2) is 0 Å². The molecule has 2 heterocycles. The van der Waals surface area contributed by atoms with Crippen LogP contribution in [0.3, 0.4) is 0 Å². The monoisotopic (exact) mass is 457 g/mol. The molecule has 2 aromatic rings. The highest BCUT2D eigenvalue weighted by atomic mass is 32.2. The van der Waals surface area contributed by atoms with Crippen LogP contribution in [0.4, 0.5) is 5.69 Å². The molecule has 2 fully saturated rings. The molecule has 31 heavy (non-hydrogen) atoms. The number of nitrogens with zero attached hydrogens (tertiary/aromatic N) is 2. The molecule has 0 atom stereocenters. The fourth-order valence-corrected chi connectivity index (χ4v) is 6.83. The van der Waals surface area contributed by atoms with Crippen LogP contribution in [0.5, 0.6) is 5.75 Å². The van der Waals surface area contributed by atoms with E-state index in [-0.39, 0.29) is 5.91 Å². The van der Waals surface area contributed by atoms with Gasteiger partial charge in [-0.2, -0.15) is 0 Å². The SMILES string of the molecule is COc1ccc(N2CCN(CCCNC(=O)c3ccc(C4SCCS4)cc3)CC2)cc1. The normalized spacial score (nSPS) is 17.6. The lowest BCUT2D eigenvalue weighted by Gasteiger charge is -2.36. The third-order valence-corrected chi connectivity index (χ3v) is 8.92. The zero-order chi connectivity index (χ0) is 21.5. The van der Waals surface area contributed by atoms with Crippen molar-refractivity contribution in [3.63, 3.8) is 0 Å². The van der Waals surface area contributed by atoms with E-state index in [4.69, 9.17) is 4.74 Å². The Hall–Kier alpha value is -1.83.